The Morgan fingerprint density at radius 3 is 1.81 bits per heavy atom. The summed E-state index contributed by atoms with van der Waals surface area (Å²) in [5.41, 5.74) is 6.20. The fourth-order valence-corrected chi connectivity index (χ4v) is 2.43. The molecule has 110 valence electrons. The van der Waals surface area contributed by atoms with E-state index in [1.807, 2.05) is 11.5 Å². The van der Waals surface area contributed by atoms with Crippen LogP contribution < -0.4 is 5.43 Å². The van der Waals surface area contributed by atoms with Gasteiger partial charge >= 0.3 is 0 Å². The van der Waals surface area contributed by atoms with Crippen LogP contribution in [0.1, 0.15) is 31.9 Å². The van der Waals surface area contributed by atoms with Crippen LogP contribution in [0.5, 0.6) is 0 Å². The molecule has 2 aromatic rings. The summed E-state index contributed by atoms with van der Waals surface area (Å²) in [6.07, 6.45) is 5.87. The summed E-state index contributed by atoms with van der Waals surface area (Å²) in [6.45, 7) is 7.43. The highest BCUT2D eigenvalue weighted by atomic mass is 16.1. The predicted molar refractivity (Wildman–Crippen MR) is 88.6 cm³/mol. The number of allylic oxidation sites excluding steroid dienone is 2. The molecule has 1 aromatic carbocycles. The zero-order valence-corrected chi connectivity index (χ0v) is 13.1. The Balaban J connectivity index is 0.000000161. The summed E-state index contributed by atoms with van der Waals surface area (Å²) in [5.74, 6) is 0. The molecular formula is C19H23NO. The van der Waals surface area contributed by atoms with Crippen molar-refractivity contribution >= 4 is 0 Å². The van der Waals surface area contributed by atoms with E-state index in [-0.39, 0.29) is 5.43 Å². The van der Waals surface area contributed by atoms with Crippen LogP contribution in [-0.4, -0.2) is 4.57 Å². The van der Waals surface area contributed by atoms with Crippen molar-refractivity contribution < 1.29 is 0 Å². The van der Waals surface area contributed by atoms with E-state index < -0.39 is 0 Å². The van der Waals surface area contributed by atoms with E-state index in [0.717, 1.165) is 19.4 Å². The van der Waals surface area contributed by atoms with Crippen LogP contribution >= 0.6 is 0 Å². The Kier molecular flexibility index (Phi) is 5.15. The van der Waals surface area contributed by atoms with Gasteiger partial charge in [-0.25, -0.2) is 0 Å². The molecule has 0 radical (unpaired) electrons. The fraction of sp³-hybridized carbons (Fsp3) is 0.316. The molecule has 21 heavy (non-hydrogen) atoms. The van der Waals surface area contributed by atoms with Crippen molar-refractivity contribution in [1.82, 2.24) is 4.57 Å². The molecule has 0 N–H and O–H groups in total. The second-order valence-corrected chi connectivity index (χ2v) is 5.55. The third kappa shape index (κ3) is 4.19. The first kappa shape index (κ1) is 15.3. The van der Waals surface area contributed by atoms with Crippen molar-refractivity contribution in [2.75, 3.05) is 0 Å². The van der Waals surface area contributed by atoms with Gasteiger partial charge in [0, 0.05) is 31.1 Å². The Morgan fingerprint density at radius 2 is 1.38 bits per heavy atom. The maximum Gasteiger partial charge on any atom is 0.181 e. The van der Waals surface area contributed by atoms with Crippen LogP contribution in [-0.2, 0) is 19.4 Å². The van der Waals surface area contributed by atoms with E-state index in [9.17, 15) is 4.79 Å². The molecule has 0 fully saturated rings. The van der Waals surface area contributed by atoms with Crippen LogP contribution in [0.4, 0.5) is 0 Å². The Morgan fingerprint density at radius 1 is 0.905 bits per heavy atom. The highest BCUT2D eigenvalue weighted by Crippen LogP contribution is 2.24. The minimum atomic E-state index is 0.0692. The van der Waals surface area contributed by atoms with E-state index in [1.165, 1.54) is 11.1 Å². The number of nitrogens with zero attached hydrogens (tertiary/aromatic N) is 1. The lowest BCUT2D eigenvalue weighted by Crippen LogP contribution is -2.04. The van der Waals surface area contributed by atoms with Crippen LogP contribution in [0, 0.1) is 0 Å². The molecule has 0 unspecified atom stereocenters. The molecule has 0 bridgehead atoms. The molecular weight excluding hydrogens is 258 g/mol. The molecule has 1 aliphatic carbocycles. The maximum atomic E-state index is 10.5. The smallest absolute Gasteiger partial charge is 0.181 e. The first-order chi connectivity index (χ1) is 10.1. The van der Waals surface area contributed by atoms with Gasteiger partial charge in [-0.2, -0.15) is 0 Å². The lowest BCUT2D eigenvalue weighted by molar-refractivity contribution is 0.754. The van der Waals surface area contributed by atoms with Crippen molar-refractivity contribution in [1.29, 1.82) is 0 Å². The number of aromatic nitrogens is 1. The molecule has 0 saturated heterocycles. The Labute approximate surface area is 126 Å². The van der Waals surface area contributed by atoms with Gasteiger partial charge in [0.25, 0.3) is 0 Å². The molecule has 2 nitrogen and oxygen atoms in total. The summed E-state index contributed by atoms with van der Waals surface area (Å²) >= 11 is 0. The molecule has 0 amide bonds. The number of fused-ring (bicyclic) bond motifs is 1. The third-order valence-electron chi connectivity index (χ3n) is 3.98. The minimum Gasteiger partial charge on any atom is -0.354 e. The molecule has 1 aliphatic rings. The molecule has 0 spiro atoms. The lowest BCUT2D eigenvalue weighted by atomic mass is 9.88. The summed E-state index contributed by atoms with van der Waals surface area (Å²) in [7, 11) is 0. The van der Waals surface area contributed by atoms with Gasteiger partial charge in [-0.05, 0) is 44.7 Å². The fourth-order valence-electron chi connectivity index (χ4n) is 2.43. The molecule has 1 aromatic heterocycles. The minimum absolute atomic E-state index is 0.0692. The van der Waals surface area contributed by atoms with Crippen LogP contribution in [0.25, 0.3) is 0 Å². The molecule has 2 heteroatoms. The van der Waals surface area contributed by atoms with Crippen LogP contribution in [0.15, 0.2) is 64.7 Å². The van der Waals surface area contributed by atoms with Gasteiger partial charge < -0.3 is 4.57 Å². The maximum absolute atomic E-state index is 10.5. The monoisotopic (exact) mass is 281 g/mol. The van der Waals surface area contributed by atoms with Gasteiger partial charge in [0.2, 0.25) is 0 Å². The largest absolute Gasteiger partial charge is 0.354 e. The van der Waals surface area contributed by atoms with Crippen molar-refractivity contribution in [2.45, 2.75) is 40.2 Å². The number of rotatable bonds is 1. The second-order valence-electron chi connectivity index (χ2n) is 5.55. The van der Waals surface area contributed by atoms with Crippen molar-refractivity contribution in [3.63, 3.8) is 0 Å². The standard InChI is InChI=1S/C12H14.C7H9NO/c1-9-7-11-5-3-4-6-12(11)8-10(9)2;1-2-8-5-3-7(9)4-6-8/h3-6H,7-8H2,1-2H3;3-6H,2H2,1H3. The van der Waals surface area contributed by atoms with Gasteiger partial charge in [-0.3, -0.25) is 4.79 Å². The SMILES string of the molecule is CC1=C(C)Cc2ccccc2C1.CCn1ccc(=O)cc1. The normalized spacial score (nSPS) is 13.3. The van der Waals surface area contributed by atoms with Gasteiger partial charge in [-0.1, -0.05) is 35.4 Å². The summed E-state index contributed by atoms with van der Waals surface area (Å²) in [4.78, 5) is 10.5. The number of aryl methyl sites for hydroxylation is 1. The highest BCUT2D eigenvalue weighted by Gasteiger charge is 2.10. The number of benzene rings is 1. The average Bonchev–Trinajstić information content (AvgIpc) is 2.50. The topological polar surface area (TPSA) is 22.0 Å². The van der Waals surface area contributed by atoms with E-state index in [4.69, 9.17) is 0 Å². The number of hydrogen-bond donors (Lipinski definition) is 0. The van der Waals surface area contributed by atoms with Gasteiger partial charge in [0.05, 0.1) is 0 Å². The Bertz CT molecular complexity index is 641. The third-order valence-corrected chi connectivity index (χ3v) is 3.98. The van der Waals surface area contributed by atoms with Crippen molar-refractivity contribution in [2.24, 2.45) is 0 Å². The van der Waals surface area contributed by atoms with Crippen molar-refractivity contribution in [3.8, 4) is 0 Å². The Hall–Kier alpha value is -2.09. The summed E-state index contributed by atoms with van der Waals surface area (Å²) < 4.78 is 1.95. The predicted octanol–water partition coefficient (Wildman–Crippen LogP) is 3.99. The van der Waals surface area contributed by atoms with Gasteiger partial charge in [0.15, 0.2) is 5.43 Å². The highest BCUT2D eigenvalue weighted by molar-refractivity contribution is 5.39. The quantitative estimate of drug-likeness (QED) is 0.724. The van der Waals surface area contributed by atoms with E-state index in [1.54, 1.807) is 35.7 Å². The van der Waals surface area contributed by atoms with E-state index >= 15 is 0 Å². The second kappa shape index (κ2) is 7.07. The summed E-state index contributed by atoms with van der Waals surface area (Å²) in [5, 5.41) is 0. The van der Waals surface area contributed by atoms with Crippen molar-refractivity contribution in [3.05, 3.63) is 81.3 Å². The summed E-state index contributed by atoms with van der Waals surface area (Å²) in [6, 6.07) is 11.9. The average molecular weight is 281 g/mol. The molecule has 0 saturated carbocycles. The zero-order chi connectivity index (χ0) is 15.2. The van der Waals surface area contributed by atoms with Crippen LogP contribution in [0.2, 0.25) is 0 Å². The lowest BCUT2D eigenvalue weighted by Gasteiger charge is -2.18. The number of pyridine rings is 1. The van der Waals surface area contributed by atoms with E-state index in [2.05, 4.69) is 38.1 Å². The molecule has 0 atom stereocenters. The first-order valence-electron chi connectivity index (χ1n) is 7.48. The molecule has 3 rings (SSSR count). The molecule has 1 heterocycles. The van der Waals surface area contributed by atoms with Gasteiger partial charge in [-0.15, -0.1) is 0 Å². The van der Waals surface area contributed by atoms with Crippen LogP contribution in [0.3, 0.4) is 0 Å². The van der Waals surface area contributed by atoms with Gasteiger partial charge in [0.1, 0.15) is 0 Å². The number of hydrogen-bond acceptors (Lipinski definition) is 1. The van der Waals surface area contributed by atoms with E-state index in [0.29, 0.717) is 0 Å². The first-order valence-corrected chi connectivity index (χ1v) is 7.48. The molecule has 0 aliphatic heterocycles. The zero-order valence-electron chi connectivity index (χ0n) is 13.1.